The van der Waals surface area contributed by atoms with Crippen molar-refractivity contribution < 1.29 is 14.6 Å². The molecule has 1 heterocycles. The summed E-state index contributed by atoms with van der Waals surface area (Å²) in [6.45, 7) is 2.63. The zero-order chi connectivity index (χ0) is 12.3. The maximum absolute atomic E-state index is 11.1. The van der Waals surface area contributed by atoms with Crippen molar-refractivity contribution >= 4 is 5.97 Å². The van der Waals surface area contributed by atoms with Crippen LogP contribution in [0.15, 0.2) is 24.3 Å². The van der Waals surface area contributed by atoms with Gasteiger partial charge in [-0.25, -0.2) is 0 Å². The van der Waals surface area contributed by atoms with E-state index in [-0.39, 0.29) is 5.92 Å². The van der Waals surface area contributed by atoms with E-state index in [1.165, 1.54) is 5.56 Å². The first-order valence-electron chi connectivity index (χ1n) is 6.17. The number of carboxylic acid groups (broad SMARTS) is 1. The Kier molecular flexibility index (Phi) is 3.67. The summed E-state index contributed by atoms with van der Waals surface area (Å²) in [6.07, 6.45) is 2.32. The fourth-order valence-corrected chi connectivity index (χ4v) is 2.45. The summed E-state index contributed by atoms with van der Waals surface area (Å²) in [5, 5.41) is 9.12. The van der Waals surface area contributed by atoms with Crippen LogP contribution in [0.1, 0.15) is 37.7 Å². The van der Waals surface area contributed by atoms with Crippen LogP contribution in [0, 0.1) is 5.92 Å². The van der Waals surface area contributed by atoms with Crippen molar-refractivity contribution in [3.8, 4) is 5.75 Å². The topological polar surface area (TPSA) is 46.5 Å². The second kappa shape index (κ2) is 5.21. The normalized spacial score (nSPS) is 20.2. The van der Waals surface area contributed by atoms with Crippen LogP contribution < -0.4 is 4.74 Å². The van der Waals surface area contributed by atoms with Crippen LogP contribution in [-0.4, -0.2) is 17.7 Å². The molecule has 0 spiro atoms. The Hall–Kier alpha value is -1.51. The Morgan fingerprint density at radius 1 is 1.53 bits per heavy atom. The number of aliphatic carboxylic acids is 1. The zero-order valence-corrected chi connectivity index (χ0v) is 10.1. The molecule has 0 aliphatic carbocycles. The highest BCUT2D eigenvalue weighted by atomic mass is 16.5. The molecule has 3 nitrogen and oxygen atoms in total. The Bertz CT molecular complexity index is 400. The number of para-hydroxylation sites is 1. The molecule has 17 heavy (non-hydrogen) atoms. The molecule has 0 amide bonds. The Morgan fingerprint density at radius 2 is 2.29 bits per heavy atom. The van der Waals surface area contributed by atoms with E-state index in [0.717, 1.165) is 12.2 Å². The number of rotatable bonds is 4. The predicted octanol–water partition coefficient (Wildman–Crippen LogP) is 3.05. The summed E-state index contributed by atoms with van der Waals surface area (Å²) in [4.78, 5) is 11.1. The van der Waals surface area contributed by atoms with Gasteiger partial charge in [0.15, 0.2) is 0 Å². The van der Waals surface area contributed by atoms with Crippen molar-refractivity contribution in [3.05, 3.63) is 29.8 Å². The lowest BCUT2D eigenvalue weighted by Crippen LogP contribution is -2.20. The Labute approximate surface area is 101 Å². The van der Waals surface area contributed by atoms with Crippen molar-refractivity contribution in [2.75, 3.05) is 6.61 Å². The summed E-state index contributed by atoms with van der Waals surface area (Å²) in [5.41, 5.74) is 1.17. The molecular formula is C14H18O3. The molecule has 0 fully saturated rings. The largest absolute Gasteiger partial charge is 0.493 e. The maximum atomic E-state index is 11.1. The van der Waals surface area contributed by atoms with Crippen LogP contribution in [0.3, 0.4) is 0 Å². The van der Waals surface area contributed by atoms with Crippen LogP contribution in [0.5, 0.6) is 5.75 Å². The van der Waals surface area contributed by atoms with Crippen LogP contribution in [0.4, 0.5) is 0 Å². The number of hydrogen-bond donors (Lipinski definition) is 1. The summed E-state index contributed by atoms with van der Waals surface area (Å²) < 4.78 is 5.58. The molecule has 3 heteroatoms. The van der Waals surface area contributed by atoms with Gasteiger partial charge in [0.05, 0.1) is 12.5 Å². The average molecular weight is 234 g/mol. The smallest absolute Gasteiger partial charge is 0.306 e. The third kappa shape index (κ3) is 2.60. The van der Waals surface area contributed by atoms with Crippen LogP contribution in [-0.2, 0) is 4.79 Å². The van der Waals surface area contributed by atoms with Gasteiger partial charge >= 0.3 is 5.97 Å². The molecule has 0 saturated heterocycles. The van der Waals surface area contributed by atoms with Crippen molar-refractivity contribution in [1.29, 1.82) is 0 Å². The van der Waals surface area contributed by atoms with E-state index >= 15 is 0 Å². The lowest BCUT2D eigenvalue weighted by Gasteiger charge is -2.27. The van der Waals surface area contributed by atoms with E-state index in [2.05, 4.69) is 0 Å². The molecule has 1 aliphatic heterocycles. The van der Waals surface area contributed by atoms with Crippen LogP contribution in [0.2, 0.25) is 0 Å². The first kappa shape index (κ1) is 12.0. The number of hydrogen-bond acceptors (Lipinski definition) is 2. The summed E-state index contributed by atoms with van der Waals surface area (Å²) >= 11 is 0. The van der Waals surface area contributed by atoms with Crippen molar-refractivity contribution in [1.82, 2.24) is 0 Å². The summed E-state index contributed by atoms with van der Waals surface area (Å²) in [6, 6.07) is 7.95. The number of fused-ring (bicyclic) bond motifs is 1. The standard InChI is InChI=1S/C14H18O3/c1-2-10(14(15)16)9-11-7-8-17-13-6-4-3-5-12(11)13/h3-6,10-11H,2,7-9H2,1H3,(H,15,16). The molecule has 2 rings (SSSR count). The molecule has 1 aliphatic rings. The molecule has 2 unspecified atom stereocenters. The minimum atomic E-state index is -0.684. The molecule has 0 aromatic heterocycles. The lowest BCUT2D eigenvalue weighted by molar-refractivity contribution is -0.142. The SMILES string of the molecule is CCC(CC1CCOc2ccccc21)C(=O)O. The second-order valence-corrected chi connectivity index (χ2v) is 4.55. The van der Waals surface area contributed by atoms with E-state index in [9.17, 15) is 4.79 Å². The number of carbonyl (C=O) groups is 1. The van der Waals surface area contributed by atoms with Gasteiger partial charge in [0.2, 0.25) is 0 Å². The number of benzene rings is 1. The van der Waals surface area contributed by atoms with Crippen molar-refractivity contribution in [2.24, 2.45) is 5.92 Å². The highest BCUT2D eigenvalue weighted by Crippen LogP contribution is 2.37. The quantitative estimate of drug-likeness (QED) is 0.871. The minimum absolute atomic E-state index is 0.244. The van der Waals surface area contributed by atoms with Gasteiger partial charge in [-0.2, -0.15) is 0 Å². The van der Waals surface area contributed by atoms with Crippen molar-refractivity contribution in [3.63, 3.8) is 0 Å². The summed E-state index contributed by atoms with van der Waals surface area (Å²) in [7, 11) is 0. The van der Waals surface area contributed by atoms with E-state index in [0.29, 0.717) is 25.4 Å². The predicted molar refractivity (Wildman–Crippen MR) is 65.3 cm³/mol. The molecule has 92 valence electrons. The molecule has 0 bridgehead atoms. The van der Waals surface area contributed by atoms with Crippen molar-refractivity contribution in [2.45, 2.75) is 32.1 Å². The minimum Gasteiger partial charge on any atom is -0.493 e. The maximum Gasteiger partial charge on any atom is 0.306 e. The lowest BCUT2D eigenvalue weighted by atomic mass is 9.84. The fourth-order valence-electron chi connectivity index (χ4n) is 2.45. The second-order valence-electron chi connectivity index (χ2n) is 4.55. The first-order chi connectivity index (χ1) is 8.22. The van der Waals surface area contributed by atoms with Gasteiger partial charge in [0, 0.05) is 0 Å². The van der Waals surface area contributed by atoms with Gasteiger partial charge in [-0.15, -0.1) is 0 Å². The fraction of sp³-hybridized carbons (Fsp3) is 0.500. The monoisotopic (exact) mass is 234 g/mol. The van der Waals surface area contributed by atoms with Crippen LogP contribution >= 0.6 is 0 Å². The first-order valence-corrected chi connectivity index (χ1v) is 6.17. The molecule has 1 aromatic carbocycles. The Balaban J connectivity index is 2.15. The molecule has 0 radical (unpaired) electrons. The highest BCUT2D eigenvalue weighted by Gasteiger charge is 2.26. The number of ether oxygens (including phenoxy) is 1. The molecule has 1 aromatic rings. The van der Waals surface area contributed by atoms with Gasteiger partial charge in [-0.3, -0.25) is 4.79 Å². The van der Waals surface area contributed by atoms with E-state index in [4.69, 9.17) is 9.84 Å². The third-order valence-corrected chi connectivity index (χ3v) is 3.49. The van der Waals surface area contributed by atoms with Gasteiger partial charge < -0.3 is 9.84 Å². The molecule has 2 atom stereocenters. The average Bonchev–Trinajstić information content (AvgIpc) is 2.35. The molecular weight excluding hydrogens is 216 g/mol. The Morgan fingerprint density at radius 3 is 3.00 bits per heavy atom. The van der Waals surface area contributed by atoms with Gasteiger partial charge in [0.25, 0.3) is 0 Å². The highest BCUT2D eigenvalue weighted by molar-refractivity contribution is 5.70. The van der Waals surface area contributed by atoms with Crippen LogP contribution in [0.25, 0.3) is 0 Å². The van der Waals surface area contributed by atoms with E-state index in [1.54, 1.807) is 0 Å². The number of carboxylic acids is 1. The van der Waals surface area contributed by atoms with Gasteiger partial charge in [0.1, 0.15) is 5.75 Å². The van der Waals surface area contributed by atoms with E-state index < -0.39 is 5.97 Å². The molecule has 0 saturated carbocycles. The zero-order valence-electron chi connectivity index (χ0n) is 10.1. The summed E-state index contributed by atoms with van der Waals surface area (Å²) in [5.74, 6) is 0.313. The van der Waals surface area contributed by atoms with Gasteiger partial charge in [-0.05, 0) is 36.8 Å². The molecule has 1 N–H and O–H groups in total. The third-order valence-electron chi connectivity index (χ3n) is 3.49. The van der Waals surface area contributed by atoms with Gasteiger partial charge in [-0.1, -0.05) is 25.1 Å². The van der Waals surface area contributed by atoms with E-state index in [1.807, 2.05) is 31.2 Å².